The Hall–Kier alpha value is -2.05. The Balaban J connectivity index is 1.18. The van der Waals surface area contributed by atoms with Crippen molar-refractivity contribution in [3.05, 3.63) is 47.1 Å². The van der Waals surface area contributed by atoms with Crippen molar-refractivity contribution in [3.63, 3.8) is 0 Å². The van der Waals surface area contributed by atoms with E-state index < -0.39 is 90.8 Å². The summed E-state index contributed by atoms with van der Waals surface area (Å²) >= 11 is 0. The summed E-state index contributed by atoms with van der Waals surface area (Å²) in [5.74, 6) is -2.10. The van der Waals surface area contributed by atoms with Gasteiger partial charge in [-0.3, -0.25) is 4.79 Å². The van der Waals surface area contributed by atoms with E-state index in [1.54, 1.807) is 40.2 Å². The molecule has 2 bridgehead atoms. The number of ether oxygens (including phenoxy) is 10. The minimum atomic E-state index is -1.82. The minimum absolute atomic E-state index is 0.00708. The van der Waals surface area contributed by atoms with E-state index in [4.69, 9.17) is 47.4 Å². The van der Waals surface area contributed by atoms with E-state index in [2.05, 4.69) is 40.7 Å². The molecule has 14 heteroatoms. The summed E-state index contributed by atoms with van der Waals surface area (Å²) in [6.07, 6.45) is 6.53. The summed E-state index contributed by atoms with van der Waals surface area (Å²) in [6, 6.07) is 0. The van der Waals surface area contributed by atoms with Crippen LogP contribution in [0, 0.1) is 23.7 Å². The Morgan fingerprint density at radius 3 is 2.35 bits per heavy atom. The third kappa shape index (κ3) is 9.73. The lowest BCUT2D eigenvalue weighted by Gasteiger charge is -2.51. The number of rotatable bonds is 8. The topological polar surface area (TPSA) is 170 Å². The number of aliphatic hydroxyl groups excluding tert-OH is 2. The van der Waals surface area contributed by atoms with Crippen molar-refractivity contribution in [2.24, 2.45) is 23.7 Å². The summed E-state index contributed by atoms with van der Waals surface area (Å²) in [5, 5.41) is 34.2. The van der Waals surface area contributed by atoms with Crippen molar-refractivity contribution >= 4 is 5.97 Å². The fourth-order valence-corrected chi connectivity index (χ4v) is 11.0. The molecule has 1 aliphatic carbocycles. The molecule has 6 aliphatic heterocycles. The molecule has 62 heavy (non-hydrogen) atoms. The Morgan fingerprint density at radius 2 is 1.63 bits per heavy atom. The van der Waals surface area contributed by atoms with Crippen molar-refractivity contribution in [3.8, 4) is 0 Å². The highest BCUT2D eigenvalue weighted by molar-refractivity contribution is 5.78. The van der Waals surface area contributed by atoms with Crippen LogP contribution in [-0.2, 0) is 52.2 Å². The Bertz CT molecular complexity index is 1680. The number of aliphatic hydroxyl groups is 3. The van der Waals surface area contributed by atoms with E-state index in [0.29, 0.717) is 61.5 Å². The van der Waals surface area contributed by atoms with Gasteiger partial charge in [-0.2, -0.15) is 0 Å². The quantitative estimate of drug-likeness (QED) is 0.204. The van der Waals surface area contributed by atoms with Crippen LogP contribution in [0.15, 0.2) is 47.1 Å². The van der Waals surface area contributed by atoms with Crippen molar-refractivity contribution < 1.29 is 67.5 Å². The molecule has 350 valence electrons. The lowest BCUT2D eigenvalue weighted by atomic mass is 9.71. The Morgan fingerprint density at radius 1 is 0.919 bits per heavy atom. The molecule has 0 amide bonds. The molecule has 0 aromatic rings. The fraction of sp³-hybridized carbons (Fsp3) is 0.812. The van der Waals surface area contributed by atoms with Crippen LogP contribution in [0.1, 0.15) is 107 Å². The van der Waals surface area contributed by atoms with Crippen molar-refractivity contribution in [2.45, 2.75) is 204 Å². The third-order valence-corrected chi connectivity index (χ3v) is 14.9. The van der Waals surface area contributed by atoms with Gasteiger partial charge in [-0.1, -0.05) is 64.5 Å². The van der Waals surface area contributed by atoms with Crippen LogP contribution >= 0.6 is 0 Å². The van der Waals surface area contributed by atoms with Crippen LogP contribution in [0.5, 0.6) is 0 Å². The van der Waals surface area contributed by atoms with Crippen LogP contribution in [-0.4, -0.2) is 139 Å². The van der Waals surface area contributed by atoms with Crippen LogP contribution in [0.3, 0.4) is 0 Å². The summed E-state index contributed by atoms with van der Waals surface area (Å²) in [6.45, 7) is 16.3. The summed E-state index contributed by atoms with van der Waals surface area (Å²) in [5.41, 5.74) is 0.188. The second kappa shape index (κ2) is 19.8. The van der Waals surface area contributed by atoms with E-state index in [9.17, 15) is 20.1 Å². The molecule has 0 radical (unpaired) electrons. The number of allylic oxidation sites excluding steroid dienone is 2. The number of hydrogen-bond acceptors (Lipinski definition) is 14. The van der Waals surface area contributed by atoms with Gasteiger partial charge in [0, 0.05) is 52.2 Å². The fourth-order valence-electron chi connectivity index (χ4n) is 11.0. The van der Waals surface area contributed by atoms with Gasteiger partial charge >= 0.3 is 5.97 Å². The summed E-state index contributed by atoms with van der Waals surface area (Å²) < 4.78 is 63.9. The molecule has 0 unspecified atom stereocenters. The van der Waals surface area contributed by atoms with Crippen molar-refractivity contribution in [1.29, 1.82) is 0 Å². The lowest BCUT2D eigenvalue weighted by molar-refractivity contribution is -0.340. The van der Waals surface area contributed by atoms with Gasteiger partial charge < -0.3 is 62.7 Å². The molecule has 7 rings (SSSR count). The molecule has 3 N–H and O–H groups in total. The van der Waals surface area contributed by atoms with Crippen LogP contribution in [0.2, 0.25) is 0 Å². The number of methoxy groups -OCH3 is 2. The highest BCUT2D eigenvalue weighted by Gasteiger charge is 2.60. The Labute approximate surface area is 368 Å². The largest absolute Gasteiger partial charge is 0.462 e. The maximum absolute atomic E-state index is 14.4. The molecule has 7 aliphatic rings. The van der Waals surface area contributed by atoms with Gasteiger partial charge in [-0.15, -0.1) is 0 Å². The van der Waals surface area contributed by atoms with E-state index in [0.717, 1.165) is 18.4 Å². The monoisotopic (exact) mass is 875 g/mol. The normalized spacial score (nSPS) is 48.9. The smallest absolute Gasteiger partial charge is 0.316 e. The highest BCUT2D eigenvalue weighted by atomic mass is 16.7. The zero-order valence-electron chi connectivity index (χ0n) is 38.5. The van der Waals surface area contributed by atoms with Crippen molar-refractivity contribution in [1.82, 2.24) is 0 Å². The first-order chi connectivity index (χ1) is 29.5. The van der Waals surface area contributed by atoms with Gasteiger partial charge in [-0.05, 0) is 69.1 Å². The molecule has 5 fully saturated rings. The first-order valence-electron chi connectivity index (χ1n) is 23.2. The van der Waals surface area contributed by atoms with Crippen LogP contribution < -0.4 is 0 Å². The molecule has 6 heterocycles. The number of esters is 1. The standard InChI is InChI=1S/C48H74O14/c1-11-25(2)43-28(5)17-18-47(62-43)23-34-20-33(61-47)16-15-27(4)42(26(3)13-12-14-32-24-55-45-40(49)29(6)19-35(46(51)58-34)48(32,45)52)59-39-22-37(54-10)44(31(8)57-39)60-38-21-36(53-9)41(50)30(7)56-38/h12-15,19,25-26,28,30-31,33-45,49-50,52H,11,16-18,20-24H2,1-10H3/b13-12?,27-15-,32-14+/t25-,26-,28-,30-,31-,33+,34-,35-,36-,37-,38-,39-,40+,41-,42-,43+,44-,45+,47+,48+/m0/s1. The maximum atomic E-state index is 14.4. The zero-order chi connectivity index (χ0) is 44.7. The number of hydrogen-bond donors (Lipinski definition) is 3. The van der Waals surface area contributed by atoms with Crippen molar-refractivity contribution in [2.75, 3.05) is 20.8 Å². The second-order valence-electron chi connectivity index (χ2n) is 19.4. The van der Waals surface area contributed by atoms with E-state index in [-0.39, 0.29) is 30.8 Å². The van der Waals surface area contributed by atoms with Gasteiger partial charge in [0.2, 0.25) is 0 Å². The molecular formula is C48H74O14. The number of carbonyl (C=O) groups excluding carboxylic acids is 1. The van der Waals surface area contributed by atoms with E-state index in [1.807, 2.05) is 19.1 Å². The molecule has 1 spiro atoms. The Kier molecular flexibility index (Phi) is 15.3. The number of carbonyl (C=O) groups is 1. The van der Waals surface area contributed by atoms with Gasteiger partial charge in [0.15, 0.2) is 18.4 Å². The van der Waals surface area contributed by atoms with Gasteiger partial charge in [0.05, 0.1) is 49.3 Å². The van der Waals surface area contributed by atoms with Gasteiger partial charge in [0.1, 0.15) is 42.0 Å². The predicted molar refractivity (Wildman–Crippen MR) is 227 cm³/mol. The summed E-state index contributed by atoms with van der Waals surface area (Å²) in [4.78, 5) is 14.4. The molecule has 0 saturated carbocycles. The number of fused-ring (bicyclic) bond motifs is 2. The molecule has 0 aromatic carbocycles. The maximum Gasteiger partial charge on any atom is 0.316 e. The second-order valence-corrected chi connectivity index (χ2v) is 19.4. The lowest BCUT2D eigenvalue weighted by Crippen LogP contribution is -2.58. The molecule has 0 aromatic heterocycles. The molecule has 5 saturated heterocycles. The van der Waals surface area contributed by atoms with Crippen LogP contribution in [0.25, 0.3) is 0 Å². The average molecular weight is 875 g/mol. The molecular weight excluding hydrogens is 801 g/mol. The van der Waals surface area contributed by atoms with E-state index >= 15 is 0 Å². The highest BCUT2D eigenvalue weighted by Crippen LogP contribution is 2.48. The first-order valence-corrected chi connectivity index (χ1v) is 23.2. The first kappa shape index (κ1) is 47.9. The SMILES string of the molecule is CC[C@H](C)[C@H]1O[C@]2(CC[C@@H]1C)C[C@@H]1C[C@@H](C/C=C(/C)[C@@H](O[C@H]3C[C@H](OC)[C@@H](O[C@H]4C[C@H](OC)[C@@H](O)[C@H](C)O4)[C@H](C)O3)[C@@H](C)C=C/C=C3\CO[C@@H]4[C@H](O)C(C)=C[C@@H](C(=O)O1)[C@]34O)O2. The molecule has 20 atom stereocenters. The third-order valence-electron chi connectivity index (χ3n) is 14.9. The minimum Gasteiger partial charge on any atom is -0.462 e. The zero-order valence-corrected chi connectivity index (χ0v) is 38.5. The molecule has 14 nitrogen and oxygen atoms in total. The summed E-state index contributed by atoms with van der Waals surface area (Å²) in [7, 11) is 3.23. The average Bonchev–Trinajstić information content (AvgIpc) is 3.58. The van der Waals surface area contributed by atoms with Crippen LogP contribution in [0.4, 0.5) is 0 Å². The van der Waals surface area contributed by atoms with E-state index in [1.165, 1.54) is 0 Å². The predicted octanol–water partition coefficient (Wildman–Crippen LogP) is 5.60. The van der Waals surface area contributed by atoms with Gasteiger partial charge in [-0.25, -0.2) is 0 Å². The van der Waals surface area contributed by atoms with Gasteiger partial charge in [0.25, 0.3) is 0 Å².